The summed E-state index contributed by atoms with van der Waals surface area (Å²) < 4.78 is 69.6. The molecule has 0 radical (unpaired) electrons. The van der Waals surface area contributed by atoms with Crippen molar-refractivity contribution in [3.05, 3.63) is 30.1 Å². The molecule has 0 aliphatic carbocycles. The molecule has 0 amide bonds. The van der Waals surface area contributed by atoms with Gasteiger partial charge in [0.15, 0.2) is 0 Å². The van der Waals surface area contributed by atoms with Gasteiger partial charge >= 0.3 is 24.3 Å². The third-order valence-corrected chi connectivity index (χ3v) is 5.46. The second kappa shape index (κ2) is 13.6. The Labute approximate surface area is 198 Å². The van der Waals surface area contributed by atoms with Crippen LogP contribution in [-0.4, -0.2) is 93.7 Å². The molecule has 2 aliphatic heterocycles. The minimum absolute atomic E-state index is 0.377. The molecule has 0 aromatic carbocycles. The monoisotopic (exact) mass is 517 g/mol. The van der Waals surface area contributed by atoms with Crippen LogP contribution >= 0.6 is 0 Å². The topological polar surface area (TPSA) is 103 Å². The summed E-state index contributed by atoms with van der Waals surface area (Å²) in [5, 5.41) is 14.2. The van der Waals surface area contributed by atoms with E-state index >= 15 is 0 Å². The number of alkyl halides is 6. The van der Waals surface area contributed by atoms with Crippen LogP contribution in [0.2, 0.25) is 0 Å². The van der Waals surface area contributed by atoms with E-state index in [-0.39, 0.29) is 0 Å². The van der Waals surface area contributed by atoms with Gasteiger partial charge in [0, 0.05) is 31.9 Å². The number of pyridine rings is 1. The Balaban J connectivity index is 0.000000362. The smallest absolute Gasteiger partial charge is 0.475 e. The Morgan fingerprint density at radius 2 is 1.63 bits per heavy atom. The molecule has 3 rings (SSSR count). The number of hydrogen-bond acceptors (Lipinski definition) is 6. The Morgan fingerprint density at radius 1 is 1.09 bits per heavy atom. The predicted octanol–water partition coefficient (Wildman–Crippen LogP) is 3.42. The lowest BCUT2D eigenvalue weighted by molar-refractivity contribution is -0.193. The molecular weight excluding hydrogens is 488 g/mol. The number of aliphatic carboxylic acids is 2. The number of likely N-dealkylation sites (N-methyl/N-ethyl adjacent to an activating group) is 1. The average molecular weight is 517 g/mol. The molecule has 2 aliphatic rings. The maximum absolute atomic E-state index is 10.6. The van der Waals surface area contributed by atoms with Gasteiger partial charge in [-0.25, -0.2) is 9.59 Å². The quantitative estimate of drug-likeness (QED) is 0.573. The normalized spacial score (nSPS) is 22.4. The molecule has 200 valence electrons. The number of carbonyl (C=O) groups is 2. The Kier molecular flexibility index (Phi) is 11.9. The van der Waals surface area contributed by atoms with Gasteiger partial charge < -0.3 is 14.9 Å². The minimum atomic E-state index is -5.08. The van der Waals surface area contributed by atoms with Crippen molar-refractivity contribution in [1.82, 2.24) is 14.8 Å². The van der Waals surface area contributed by atoms with Gasteiger partial charge in [-0.15, -0.1) is 0 Å². The van der Waals surface area contributed by atoms with Crippen LogP contribution in [0.15, 0.2) is 24.4 Å². The summed E-state index contributed by atoms with van der Waals surface area (Å²) in [5.41, 5.74) is 1.17. The van der Waals surface area contributed by atoms with Crippen LogP contribution in [0.5, 0.6) is 0 Å². The van der Waals surface area contributed by atoms with Crippen LogP contribution in [-0.2, 0) is 20.9 Å². The number of hydrogen-bond donors (Lipinski definition) is 2. The Bertz CT molecular complexity index is 766. The molecule has 1 aromatic rings. The first-order valence-corrected chi connectivity index (χ1v) is 10.8. The van der Waals surface area contributed by atoms with Gasteiger partial charge in [-0.05, 0) is 38.1 Å². The van der Waals surface area contributed by atoms with Crippen LogP contribution in [0.3, 0.4) is 0 Å². The second-order valence-corrected chi connectivity index (χ2v) is 7.69. The third kappa shape index (κ3) is 9.98. The number of carboxylic acid groups (broad SMARTS) is 2. The fraction of sp³-hybridized carbons (Fsp3) is 0.667. The third-order valence-electron chi connectivity index (χ3n) is 5.46. The zero-order valence-electron chi connectivity index (χ0n) is 19.2. The summed E-state index contributed by atoms with van der Waals surface area (Å²) in [6.07, 6.45) is -5.45. The molecule has 2 saturated heterocycles. The van der Waals surface area contributed by atoms with E-state index in [1.807, 2.05) is 12.3 Å². The number of rotatable bonds is 5. The van der Waals surface area contributed by atoms with Crippen LogP contribution < -0.4 is 0 Å². The number of fused-ring (bicyclic) bond motifs is 1. The summed E-state index contributed by atoms with van der Waals surface area (Å²) in [6.45, 7) is 9.69. The minimum Gasteiger partial charge on any atom is -0.475 e. The van der Waals surface area contributed by atoms with Crippen LogP contribution in [0.1, 0.15) is 32.4 Å². The van der Waals surface area contributed by atoms with Gasteiger partial charge in [-0.2, -0.15) is 26.3 Å². The SMILES string of the molecule is CCN(CC)[C@@H]1CN(Cc2ccccn2)[C@@H]2CCCO[C@H]12.O=C(O)C(F)(F)F.O=C(O)C(F)(F)F. The highest BCUT2D eigenvalue weighted by Gasteiger charge is 2.45. The molecule has 8 nitrogen and oxygen atoms in total. The van der Waals surface area contributed by atoms with E-state index in [9.17, 15) is 26.3 Å². The lowest BCUT2D eigenvalue weighted by atomic mass is 10.00. The highest BCUT2D eigenvalue weighted by molar-refractivity contribution is 5.73. The molecule has 14 heteroatoms. The first-order valence-electron chi connectivity index (χ1n) is 10.8. The molecule has 3 atom stereocenters. The number of nitrogens with zero attached hydrogens (tertiary/aromatic N) is 3. The van der Waals surface area contributed by atoms with Crippen molar-refractivity contribution in [2.45, 2.75) is 63.8 Å². The molecule has 2 N–H and O–H groups in total. The van der Waals surface area contributed by atoms with E-state index in [0.717, 1.165) is 32.8 Å². The number of ether oxygens (including phenoxy) is 1. The molecule has 2 fully saturated rings. The molecule has 3 heterocycles. The summed E-state index contributed by atoms with van der Waals surface area (Å²) >= 11 is 0. The number of carboxylic acids is 2. The van der Waals surface area contributed by atoms with Gasteiger partial charge in [0.2, 0.25) is 0 Å². The van der Waals surface area contributed by atoms with Crippen LogP contribution in [0, 0.1) is 0 Å². The van der Waals surface area contributed by atoms with E-state index in [2.05, 4.69) is 40.8 Å². The van der Waals surface area contributed by atoms with Gasteiger partial charge in [-0.3, -0.25) is 14.8 Å². The van der Waals surface area contributed by atoms with Crippen molar-refractivity contribution in [1.29, 1.82) is 0 Å². The first-order chi connectivity index (χ1) is 16.2. The molecule has 0 bridgehead atoms. The van der Waals surface area contributed by atoms with E-state index in [0.29, 0.717) is 18.2 Å². The van der Waals surface area contributed by atoms with Crippen molar-refractivity contribution in [2.75, 3.05) is 26.2 Å². The van der Waals surface area contributed by atoms with Crippen molar-refractivity contribution < 1.29 is 50.9 Å². The van der Waals surface area contributed by atoms with Gasteiger partial charge in [0.25, 0.3) is 0 Å². The summed E-state index contributed by atoms with van der Waals surface area (Å²) in [7, 11) is 0. The van der Waals surface area contributed by atoms with Crippen molar-refractivity contribution in [3.8, 4) is 0 Å². The highest BCUT2D eigenvalue weighted by Crippen LogP contribution is 2.32. The molecule has 0 saturated carbocycles. The molecular formula is C21H29F6N3O5. The van der Waals surface area contributed by atoms with E-state index in [1.165, 1.54) is 18.5 Å². The van der Waals surface area contributed by atoms with Gasteiger partial charge in [-0.1, -0.05) is 19.9 Å². The molecule has 0 spiro atoms. The van der Waals surface area contributed by atoms with Gasteiger partial charge in [0.1, 0.15) is 0 Å². The fourth-order valence-corrected chi connectivity index (χ4v) is 3.92. The zero-order valence-corrected chi connectivity index (χ0v) is 19.2. The lowest BCUT2D eigenvalue weighted by Gasteiger charge is -2.35. The van der Waals surface area contributed by atoms with Crippen LogP contribution in [0.25, 0.3) is 0 Å². The predicted molar refractivity (Wildman–Crippen MR) is 111 cm³/mol. The van der Waals surface area contributed by atoms with E-state index in [1.54, 1.807) is 0 Å². The van der Waals surface area contributed by atoms with Crippen molar-refractivity contribution in [2.24, 2.45) is 0 Å². The van der Waals surface area contributed by atoms with E-state index in [4.69, 9.17) is 24.5 Å². The Morgan fingerprint density at radius 3 is 2.06 bits per heavy atom. The largest absolute Gasteiger partial charge is 0.490 e. The molecule has 1 aromatic heterocycles. The van der Waals surface area contributed by atoms with Crippen molar-refractivity contribution in [3.63, 3.8) is 0 Å². The maximum Gasteiger partial charge on any atom is 0.490 e. The molecule has 0 unspecified atom stereocenters. The standard InChI is InChI=1S/C17H27N3O.2C2HF3O2/c1-3-19(4-2)16-13-20(12-14-8-5-6-10-18-14)15-9-7-11-21-17(15)16;2*3-2(4,5)1(6)7/h5-6,8,10,15-17H,3-4,7,9,11-13H2,1-2H3;2*(H,6,7)/t15-,16-,17+;;/m1../s1. The second-order valence-electron chi connectivity index (χ2n) is 7.69. The first kappa shape index (κ1) is 30.6. The lowest BCUT2D eigenvalue weighted by Crippen LogP contribution is -2.47. The molecule has 35 heavy (non-hydrogen) atoms. The number of likely N-dealkylation sites (tertiary alicyclic amines) is 1. The summed E-state index contributed by atoms with van der Waals surface area (Å²) in [6, 6.07) is 7.29. The van der Waals surface area contributed by atoms with Crippen LogP contribution in [0.4, 0.5) is 26.3 Å². The number of aromatic nitrogens is 1. The summed E-state index contributed by atoms with van der Waals surface area (Å²) in [5.74, 6) is -5.51. The van der Waals surface area contributed by atoms with Crippen molar-refractivity contribution >= 4 is 11.9 Å². The average Bonchev–Trinajstić information content (AvgIpc) is 3.13. The summed E-state index contributed by atoms with van der Waals surface area (Å²) in [4.78, 5) is 27.4. The zero-order chi connectivity index (χ0) is 26.8. The number of halogens is 6. The Hall–Kier alpha value is -2.45. The highest BCUT2D eigenvalue weighted by atomic mass is 19.4. The van der Waals surface area contributed by atoms with E-state index < -0.39 is 24.3 Å². The van der Waals surface area contributed by atoms with Gasteiger partial charge in [0.05, 0.1) is 17.8 Å². The fourth-order valence-electron chi connectivity index (χ4n) is 3.92. The maximum atomic E-state index is 10.6.